The average Bonchev–Trinajstić information content (AvgIpc) is 2.80. The lowest BCUT2D eigenvalue weighted by Crippen LogP contribution is -2.31. The first-order chi connectivity index (χ1) is 10.1. The monoisotopic (exact) mass is 305 g/mol. The van der Waals surface area contributed by atoms with E-state index in [0.717, 1.165) is 16.1 Å². The summed E-state index contributed by atoms with van der Waals surface area (Å²) in [5.74, 6) is 0.500. The molecule has 0 aromatic carbocycles. The maximum atomic E-state index is 11.6. The number of aromatic nitrogens is 2. The number of nitrogens with zero attached hydrogens (tertiary/aromatic N) is 2. The molecule has 112 valence electrons. The van der Waals surface area contributed by atoms with Crippen molar-refractivity contribution in [3.05, 3.63) is 24.5 Å². The van der Waals surface area contributed by atoms with Crippen LogP contribution in [0.5, 0.6) is 0 Å². The minimum atomic E-state index is 0.0258. The Bertz CT molecular complexity index is 597. The van der Waals surface area contributed by atoms with Crippen LogP contribution in [0, 0.1) is 0 Å². The third-order valence-electron chi connectivity index (χ3n) is 2.76. The van der Waals surface area contributed by atoms with Gasteiger partial charge in [-0.2, -0.15) is 4.37 Å². The summed E-state index contributed by atoms with van der Waals surface area (Å²) < 4.78 is 4.17. The van der Waals surface area contributed by atoms with E-state index < -0.39 is 0 Å². The first-order valence-electron chi connectivity index (χ1n) is 6.76. The number of carbonyl (C=O) groups is 1. The van der Waals surface area contributed by atoms with Gasteiger partial charge in [0, 0.05) is 37.0 Å². The van der Waals surface area contributed by atoms with E-state index in [1.165, 1.54) is 11.5 Å². The molecule has 0 fully saturated rings. The molecule has 2 aromatic heterocycles. The number of pyridine rings is 1. The van der Waals surface area contributed by atoms with E-state index in [0.29, 0.717) is 18.8 Å². The minimum Gasteiger partial charge on any atom is -0.382 e. The Labute approximate surface area is 128 Å². The molecular weight excluding hydrogens is 286 g/mol. The van der Waals surface area contributed by atoms with Crippen LogP contribution in [0.25, 0.3) is 11.1 Å². The van der Waals surface area contributed by atoms with E-state index in [-0.39, 0.29) is 11.9 Å². The number of carbonyl (C=O) groups excluding carboxylic acids is 1. The van der Waals surface area contributed by atoms with Crippen molar-refractivity contribution >= 4 is 28.3 Å². The van der Waals surface area contributed by atoms with Gasteiger partial charge in [0.2, 0.25) is 5.91 Å². The van der Waals surface area contributed by atoms with Crippen LogP contribution in [0.3, 0.4) is 0 Å². The van der Waals surface area contributed by atoms with Crippen LogP contribution in [-0.2, 0) is 4.79 Å². The number of hydrogen-bond donors (Lipinski definition) is 3. The van der Waals surface area contributed by atoms with Crippen molar-refractivity contribution in [1.29, 1.82) is 0 Å². The fourth-order valence-corrected chi connectivity index (χ4v) is 2.66. The van der Waals surface area contributed by atoms with Crippen molar-refractivity contribution < 1.29 is 4.79 Å². The molecule has 0 saturated heterocycles. The molecular formula is C14H19N5OS. The molecule has 4 N–H and O–H groups in total. The Balaban J connectivity index is 2.01. The highest BCUT2D eigenvalue weighted by Crippen LogP contribution is 2.36. The number of rotatable bonds is 6. The van der Waals surface area contributed by atoms with Gasteiger partial charge in [-0.25, -0.2) is 0 Å². The molecule has 0 atom stereocenters. The molecule has 0 spiro atoms. The molecule has 6 nitrogen and oxygen atoms in total. The van der Waals surface area contributed by atoms with E-state index in [1.807, 2.05) is 26.0 Å². The fourth-order valence-electron chi connectivity index (χ4n) is 1.90. The van der Waals surface area contributed by atoms with Crippen LogP contribution < -0.4 is 16.4 Å². The van der Waals surface area contributed by atoms with Crippen LogP contribution in [0.2, 0.25) is 0 Å². The van der Waals surface area contributed by atoms with E-state index in [2.05, 4.69) is 20.0 Å². The van der Waals surface area contributed by atoms with Gasteiger partial charge in [0.15, 0.2) is 0 Å². The zero-order valence-electron chi connectivity index (χ0n) is 12.1. The second-order valence-corrected chi connectivity index (χ2v) is 5.69. The number of nitrogen functional groups attached to an aromatic ring is 1. The van der Waals surface area contributed by atoms with Gasteiger partial charge in [0.25, 0.3) is 0 Å². The first-order valence-corrected chi connectivity index (χ1v) is 7.54. The molecule has 0 radical (unpaired) electrons. The maximum Gasteiger partial charge on any atom is 0.221 e. The van der Waals surface area contributed by atoms with Crippen LogP contribution in [-0.4, -0.2) is 27.9 Å². The van der Waals surface area contributed by atoms with Crippen LogP contribution in [0.4, 0.5) is 10.8 Å². The maximum absolute atomic E-state index is 11.6. The third kappa shape index (κ3) is 4.16. The van der Waals surface area contributed by atoms with Crippen LogP contribution >= 0.6 is 11.5 Å². The smallest absolute Gasteiger partial charge is 0.221 e. The Kier molecular flexibility index (Phi) is 5.10. The minimum absolute atomic E-state index is 0.0258. The highest BCUT2D eigenvalue weighted by atomic mass is 32.1. The van der Waals surface area contributed by atoms with E-state index in [4.69, 9.17) is 5.73 Å². The van der Waals surface area contributed by atoms with Crippen molar-refractivity contribution in [2.75, 3.05) is 17.6 Å². The van der Waals surface area contributed by atoms with Gasteiger partial charge in [0.1, 0.15) is 10.8 Å². The molecule has 0 unspecified atom stereocenters. The number of anilines is 2. The van der Waals surface area contributed by atoms with Gasteiger partial charge in [-0.3, -0.25) is 9.78 Å². The molecule has 2 aromatic rings. The van der Waals surface area contributed by atoms with Crippen LogP contribution in [0.15, 0.2) is 24.5 Å². The highest BCUT2D eigenvalue weighted by molar-refractivity contribution is 7.11. The zero-order valence-corrected chi connectivity index (χ0v) is 12.9. The lowest BCUT2D eigenvalue weighted by atomic mass is 10.1. The summed E-state index contributed by atoms with van der Waals surface area (Å²) in [5.41, 5.74) is 7.68. The molecule has 0 saturated carbocycles. The van der Waals surface area contributed by atoms with Gasteiger partial charge < -0.3 is 16.4 Å². The summed E-state index contributed by atoms with van der Waals surface area (Å²) in [7, 11) is 0. The normalized spacial score (nSPS) is 10.6. The van der Waals surface area contributed by atoms with Crippen molar-refractivity contribution in [3.8, 4) is 11.1 Å². The quantitative estimate of drug-likeness (QED) is 0.760. The van der Waals surface area contributed by atoms with Crippen molar-refractivity contribution in [1.82, 2.24) is 14.7 Å². The highest BCUT2D eigenvalue weighted by Gasteiger charge is 2.14. The molecule has 1 amide bonds. The van der Waals surface area contributed by atoms with Gasteiger partial charge in [-0.1, -0.05) is 6.07 Å². The van der Waals surface area contributed by atoms with Crippen molar-refractivity contribution in [2.45, 2.75) is 26.3 Å². The molecule has 2 heterocycles. The molecule has 21 heavy (non-hydrogen) atoms. The zero-order chi connectivity index (χ0) is 15.2. The summed E-state index contributed by atoms with van der Waals surface area (Å²) in [4.78, 5) is 15.7. The Morgan fingerprint density at radius 3 is 2.95 bits per heavy atom. The second kappa shape index (κ2) is 7.03. The molecule has 0 bridgehead atoms. The van der Waals surface area contributed by atoms with E-state index in [9.17, 15) is 4.79 Å². The predicted octanol–water partition coefficient (Wildman–Crippen LogP) is 2.11. The van der Waals surface area contributed by atoms with Gasteiger partial charge in [0.05, 0.1) is 5.56 Å². The molecule has 0 aliphatic heterocycles. The van der Waals surface area contributed by atoms with Gasteiger partial charge >= 0.3 is 0 Å². The topological polar surface area (TPSA) is 92.9 Å². The summed E-state index contributed by atoms with van der Waals surface area (Å²) >= 11 is 1.29. The molecule has 7 heteroatoms. The van der Waals surface area contributed by atoms with E-state index in [1.54, 1.807) is 12.4 Å². The number of amides is 1. The lowest BCUT2D eigenvalue weighted by molar-refractivity contribution is -0.121. The number of hydrogen-bond acceptors (Lipinski definition) is 6. The SMILES string of the molecule is CC(C)NC(=O)CCNc1snc(N)c1-c1cccnc1. The second-order valence-electron chi connectivity index (χ2n) is 4.91. The first kappa shape index (κ1) is 15.2. The summed E-state index contributed by atoms with van der Waals surface area (Å²) in [6, 6.07) is 3.94. The predicted molar refractivity (Wildman–Crippen MR) is 86.1 cm³/mol. The number of nitrogens with two attached hydrogens (primary N) is 1. The third-order valence-corrected chi connectivity index (χ3v) is 3.57. The van der Waals surface area contributed by atoms with Crippen LogP contribution in [0.1, 0.15) is 20.3 Å². The van der Waals surface area contributed by atoms with Gasteiger partial charge in [-0.15, -0.1) is 0 Å². The Hall–Kier alpha value is -2.15. The molecule has 0 aliphatic carbocycles. The summed E-state index contributed by atoms with van der Waals surface area (Å²) in [6.07, 6.45) is 3.86. The Morgan fingerprint density at radius 2 is 2.29 bits per heavy atom. The largest absolute Gasteiger partial charge is 0.382 e. The molecule has 2 rings (SSSR count). The van der Waals surface area contributed by atoms with Gasteiger partial charge in [-0.05, 0) is 31.4 Å². The number of nitrogens with one attached hydrogen (secondary N) is 2. The van der Waals surface area contributed by atoms with E-state index >= 15 is 0 Å². The Morgan fingerprint density at radius 1 is 1.48 bits per heavy atom. The lowest BCUT2D eigenvalue weighted by Gasteiger charge is -2.09. The molecule has 0 aliphatic rings. The summed E-state index contributed by atoms with van der Waals surface area (Å²) in [5, 5.41) is 6.94. The fraction of sp³-hybridized carbons (Fsp3) is 0.357. The average molecular weight is 305 g/mol. The van der Waals surface area contributed by atoms with Crippen molar-refractivity contribution in [3.63, 3.8) is 0 Å². The van der Waals surface area contributed by atoms with Crippen molar-refractivity contribution in [2.24, 2.45) is 0 Å². The standard InChI is InChI=1S/C14H19N5OS/c1-9(2)18-11(20)5-7-17-14-12(13(15)19-21-14)10-4-3-6-16-8-10/h3-4,6,8-9,17H,5,7H2,1-2H3,(H2,15,19)(H,18,20). The summed E-state index contributed by atoms with van der Waals surface area (Å²) in [6.45, 7) is 4.42.